The molecule has 1 aromatic carbocycles. The number of likely N-dealkylation sites (N-methyl/N-ethyl adjacent to an activating group) is 1. The van der Waals surface area contributed by atoms with Crippen LogP contribution in [0.5, 0.6) is 0 Å². The number of nitrogens with one attached hydrogen (secondary N) is 1. The van der Waals surface area contributed by atoms with Gasteiger partial charge in [-0.2, -0.15) is 0 Å². The number of ether oxygens (including phenoxy) is 1. The first-order chi connectivity index (χ1) is 9.72. The molecule has 1 heterocycles. The van der Waals surface area contributed by atoms with Gasteiger partial charge in [-0.25, -0.2) is 0 Å². The van der Waals surface area contributed by atoms with E-state index in [0.29, 0.717) is 12.1 Å². The highest BCUT2D eigenvalue weighted by Gasteiger charge is 2.19. The maximum absolute atomic E-state index is 12.0. The van der Waals surface area contributed by atoms with E-state index in [2.05, 4.69) is 33.1 Å². The van der Waals surface area contributed by atoms with E-state index in [1.54, 1.807) is 0 Å². The molecular formula is C15H21BrN2O2. The Morgan fingerprint density at radius 2 is 2.20 bits per heavy atom. The maximum Gasteiger partial charge on any atom is 0.251 e. The Morgan fingerprint density at radius 1 is 1.45 bits per heavy atom. The van der Waals surface area contributed by atoms with E-state index < -0.39 is 0 Å². The van der Waals surface area contributed by atoms with Crippen molar-refractivity contribution in [2.75, 3.05) is 32.8 Å². The predicted octanol–water partition coefficient (Wildman–Crippen LogP) is 2.03. The van der Waals surface area contributed by atoms with Gasteiger partial charge in [-0.3, -0.25) is 9.69 Å². The summed E-state index contributed by atoms with van der Waals surface area (Å²) in [6.45, 7) is 6.35. The van der Waals surface area contributed by atoms with Crippen LogP contribution in [0, 0.1) is 0 Å². The van der Waals surface area contributed by atoms with Gasteiger partial charge in [-0.1, -0.05) is 35.0 Å². The Balaban J connectivity index is 1.82. The number of carbonyl (C=O) groups excluding carboxylic acids is 1. The van der Waals surface area contributed by atoms with Gasteiger partial charge in [0, 0.05) is 30.5 Å². The first-order valence-electron chi connectivity index (χ1n) is 7.00. The molecule has 1 atom stereocenters. The van der Waals surface area contributed by atoms with Crippen LogP contribution >= 0.6 is 15.9 Å². The molecule has 1 saturated heterocycles. The fourth-order valence-electron chi connectivity index (χ4n) is 2.24. The number of nitrogens with zero attached hydrogens (tertiary/aromatic N) is 1. The van der Waals surface area contributed by atoms with E-state index >= 15 is 0 Å². The molecule has 0 aromatic heterocycles. The highest BCUT2D eigenvalue weighted by Crippen LogP contribution is 2.08. The average Bonchev–Trinajstić information content (AvgIpc) is 2.53. The Bertz CT molecular complexity index is 436. The Kier molecular flexibility index (Phi) is 6.01. The smallest absolute Gasteiger partial charge is 0.251 e. The summed E-state index contributed by atoms with van der Waals surface area (Å²) in [5.41, 5.74) is 1.86. The van der Waals surface area contributed by atoms with Crippen molar-refractivity contribution in [3.05, 3.63) is 35.4 Å². The highest BCUT2D eigenvalue weighted by molar-refractivity contribution is 9.08. The summed E-state index contributed by atoms with van der Waals surface area (Å²) < 4.78 is 5.67. The average molecular weight is 341 g/mol. The lowest BCUT2D eigenvalue weighted by Gasteiger charge is -2.32. The van der Waals surface area contributed by atoms with E-state index in [1.165, 1.54) is 0 Å². The van der Waals surface area contributed by atoms with Gasteiger partial charge in [0.15, 0.2) is 0 Å². The second-order valence-electron chi connectivity index (χ2n) is 4.93. The molecule has 0 saturated carbocycles. The highest BCUT2D eigenvalue weighted by atomic mass is 79.9. The molecule has 1 fully saturated rings. The molecule has 1 aliphatic heterocycles. The van der Waals surface area contributed by atoms with E-state index in [4.69, 9.17) is 4.74 Å². The molecule has 2 rings (SSSR count). The van der Waals surface area contributed by atoms with Crippen molar-refractivity contribution in [2.45, 2.75) is 18.4 Å². The quantitative estimate of drug-likeness (QED) is 0.834. The second-order valence-corrected chi connectivity index (χ2v) is 5.49. The zero-order valence-corrected chi connectivity index (χ0v) is 13.4. The molecule has 1 aliphatic rings. The molecule has 1 unspecified atom stereocenters. The summed E-state index contributed by atoms with van der Waals surface area (Å²) in [7, 11) is 0. The SMILES string of the molecule is CCN1CCOC(CNC(=O)c2ccc(CBr)cc2)C1. The van der Waals surface area contributed by atoms with Gasteiger partial charge in [0.05, 0.1) is 12.7 Å². The van der Waals surface area contributed by atoms with Gasteiger partial charge in [-0.15, -0.1) is 0 Å². The lowest BCUT2D eigenvalue weighted by molar-refractivity contribution is -0.0246. The molecule has 1 N–H and O–H groups in total. The number of rotatable bonds is 5. The third-order valence-corrected chi connectivity index (χ3v) is 4.18. The minimum Gasteiger partial charge on any atom is -0.374 e. The van der Waals surface area contributed by atoms with Crippen LogP contribution in [0.4, 0.5) is 0 Å². The standard InChI is InChI=1S/C15H21BrN2O2/c1-2-18-7-8-20-14(11-18)10-17-15(19)13-5-3-12(9-16)4-6-13/h3-6,14H,2,7-11H2,1H3,(H,17,19). The van der Waals surface area contributed by atoms with Crippen molar-refractivity contribution in [1.29, 1.82) is 0 Å². The van der Waals surface area contributed by atoms with Crippen LogP contribution in [0.3, 0.4) is 0 Å². The second kappa shape index (κ2) is 7.76. The molecular weight excluding hydrogens is 320 g/mol. The first kappa shape index (κ1) is 15.5. The number of morpholine rings is 1. The van der Waals surface area contributed by atoms with E-state index in [-0.39, 0.29) is 12.0 Å². The molecule has 20 heavy (non-hydrogen) atoms. The first-order valence-corrected chi connectivity index (χ1v) is 8.12. The van der Waals surface area contributed by atoms with Crippen molar-refractivity contribution >= 4 is 21.8 Å². The molecule has 5 heteroatoms. The number of amides is 1. The summed E-state index contributed by atoms with van der Waals surface area (Å²) in [5.74, 6) is -0.0386. The van der Waals surface area contributed by atoms with Crippen molar-refractivity contribution in [3.63, 3.8) is 0 Å². The maximum atomic E-state index is 12.0. The van der Waals surface area contributed by atoms with Gasteiger partial charge in [0.2, 0.25) is 0 Å². The number of hydrogen-bond acceptors (Lipinski definition) is 3. The van der Waals surface area contributed by atoms with E-state index in [1.807, 2.05) is 24.3 Å². The van der Waals surface area contributed by atoms with Crippen molar-refractivity contribution in [3.8, 4) is 0 Å². The Hall–Kier alpha value is -0.910. The van der Waals surface area contributed by atoms with Crippen molar-refractivity contribution in [1.82, 2.24) is 10.2 Å². The number of halogens is 1. The summed E-state index contributed by atoms with van der Waals surface area (Å²) in [6.07, 6.45) is 0.0921. The fraction of sp³-hybridized carbons (Fsp3) is 0.533. The van der Waals surface area contributed by atoms with Gasteiger partial charge < -0.3 is 10.1 Å². The minimum atomic E-state index is -0.0386. The van der Waals surface area contributed by atoms with Gasteiger partial charge >= 0.3 is 0 Å². The third kappa shape index (κ3) is 4.30. The van der Waals surface area contributed by atoms with Crippen LogP contribution < -0.4 is 5.32 Å². The topological polar surface area (TPSA) is 41.6 Å². The minimum absolute atomic E-state index is 0.0386. The number of hydrogen-bond donors (Lipinski definition) is 1. The molecule has 4 nitrogen and oxygen atoms in total. The van der Waals surface area contributed by atoms with Crippen LogP contribution in [0.15, 0.2) is 24.3 Å². The molecule has 110 valence electrons. The Morgan fingerprint density at radius 3 is 2.85 bits per heavy atom. The van der Waals surface area contributed by atoms with E-state index in [9.17, 15) is 4.79 Å². The molecule has 1 aromatic rings. The summed E-state index contributed by atoms with van der Waals surface area (Å²) in [6, 6.07) is 7.62. The van der Waals surface area contributed by atoms with Gasteiger partial charge in [0.25, 0.3) is 5.91 Å². The van der Waals surface area contributed by atoms with Gasteiger partial charge in [0.1, 0.15) is 0 Å². The lowest BCUT2D eigenvalue weighted by atomic mass is 10.1. The Labute approximate surface area is 128 Å². The molecule has 0 spiro atoms. The van der Waals surface area contributed by atoms with Crippen molar-refractivity contribution in [2.24, 2.45) is 0 Å². The summed E-state index contributed by atoms with van der Waals surface area (Å²) in [4.78, 5) is 14.4. The largest absolute Gasteiger partial charge is 0.374 e. The number of carbonyl (C=O) groups is 1. The molecule has 1 amide bonds. The molecule has 0 bridgehead atoms. The predicted molar refractivity (Wildman–Crippen MR) is 83.3 cm³/mol. The number of benzene rings is 1. The number of alkyl halides is 1. The zero-order chi connectivity index (χ0) is 14.4. The van der Waals surface area contributed by atoms with Crippen LogP contribution in [-0.2, 0) is 10.1 Å². The van der Waals surface area contributed by atoms with Crippen LogP contribution in [0.25, 0.3) is 0 Å². The van der Waals surface area contributed by atoms with Crippen LogP contribution in [0.2, 0.25) is 0 Å². The van der Waals surface area contributed by atoms with Gasteiger partial charge in [-0.05, 0) is 24.2 Å². The molecule has 0 radical (unpaired) electrons. The fourth-order valence-corrected chi connectivity index (χ4v) is 2.62. The van der Waals surface area contributed by atoms with E-state index in [0.717, 1.165) is 37.1 Å². The lowest BCUT2D eigenvalue weighted by Crippen LogP contribution is -2.47. The monoisotopic (exact) mass is 340 g/mol. The van der Waals surface area contributed by atoms with Crippen LogP contribution in [-0.4, -0.2) is 49.7 Å². The normalized spacial score (nSPS) is 19.8. The molecule has 0 aliphatic carbocycles. The van der Waals surface area contributed by atoms with Crippen LogP contribution in [0.1, 0.15) is 22.8 Å². The summed E-state index contributed by atoms with van der Waals surface area (Å²) in [5, 5.41) is 3.75. The van der Waals surface area contributed by atoms with Crippen molar-refractivity contribution < 1.29 is 9.53 Å². The third-order valence-electron chi connectivity index (χ3n) is 3.53. The summed E-state index contributed by atoms with van der Waals surface area (Å²) >= 11 is 3.39. The zero-order valence-electron chi connectivity index (χ0n) is 11.8.